The van der Waals surface area contributed by atoms with Gasteiger partial charge in [0.1, 0.15) is 0 Å². The van der Waals surface area contributed by atoms with Gasteiger partial charge in [0.05, 0.1) is 0 Å². The summed E-state index contributed by atoms with van der Waals surface area (Å²) in [5.74, 6) is 11.7. The van der Waals surface area contributed by atoms with E-state index in [1.807, 2.05) is 0 Å². The quantitative estimate of drug-likeness (QED) is 0.226. The second-order valence-electron chi connectivity index (χ2n) is 35.5. The van der Waals surface area contributed by atoms with Crippen LogP contribution < -0.4 is 10.6 Å². The fourth-order valence-electron chi connectivity index (χ4n) is 29.2. The number of nitrogens with one attached hydrogen (secondary N) is 2. The van der Waals surface area contributed by atoms with Crippen molar-refractivity contribution in [3.05, 3.63) is 0 Å². The van der Waals surface area contributed by atoms with Gasteiger partial charge in [-0.3, -0.25) is 35.1 Å². The van der Waals surface area contributed by atoms with Crippen molar-refractivity contribution in [3.63, 3.8) is 0 Å². The summed E-state index contributed by atoms with van der Waals surface area (Å²) in [4.78, 5) is 16.9. The van der Waals surface area contributed by atoms with Gasteiger partial charge in [-0.15, -0.1) is 0 Å². The Morgan fingerprint density at radius 1 is 0.235 bits per heavy atom. The molecule has 17 aliphatic rings. The summed E-state index contributed by atoms with van der Waals surface area (Å²) in [7, 11) is 0. The second-order valence-corrected chi connectivity index (χ2v) is 35.5. The maximum absolute atomic E-state index is 4.49. The summed E-state index contributed by atoms with van der Waals surface area (Å²) in [5.41, 5.74) is 0. The van der Waals surface area contributed by atoms with Gasteiger partial charge in [0.2, 0.25) is 0 Å². The number of likely N-dealkylation sites (tertiary alicyclic amines) is 1. The van der Waals surface area contributed by atoms with E-state index >= 15 is 0 Å². The molecule has 7 nitrogen and oxygen atoms in total. The molecule has 478 valence electrons. The smallest absolute Gasteiger partial charge is 0.0489 e. The van der Waals surface area contributed by atoms with Gasteiger partial charge in [0, 0.05) is 104 Å². The number of hydrogen-bond acceptors (Lipinski definition) is 7. The zero-order chi connectivity index (χ0) is 56.0. The maximum atomic E-state index is 4.49. The lowest BCUT2D eigenvalue weighted by Crippen LogP contribution is -2.62. The van der Waals surface area contributed by atoms with Crippen molar-refractivity contribution in [2.24, 2.45) is 71.0 Å². The van der Waals surface area contributed by atoms with Crippen LogP contribution in [-0.2, 0) is 0 Å². The first kappa shape index (κ1) is 58.5. The highest BCUT2D eigenvalue weighted by molar-refractivity contribution is 5.15. The first-order chi connectivity index (χ1) is 42.2. The fraction of sp³-hybridized carbons (Fsp3) is 1.00. The van der Waals surface area contributed by atoms with E-state index in [1.165, 1.54) is 264 Å². The number of hydrogen-bond donors (Lipinski definition) is 2. The van der Waals surface area contributed by atoms with Crippen LogP contribution in [0.4, 0.5) is 0 Å². The number of rotatable bonds is 10. The molecule has 0 aromatic rings. The highest BCUT2D eigenvalue weighted by Crippen LogP contribution is 2.60. The van der Waals surface area contributed by atoms with Gasteiger partial charge >= 0.3 is 0 Å². The van der Waals surface area contributed by atoms with E-state index in [0.29, 0.717) is 0 Å². The molecule has 85 heavy (non-hydrogen) atoms. The first-order valence-corrected chi connectivity index (χ1v) is 40.5. The minimum Gasteiger partial charge on any atom is -0.300 e. The molecule has 7 heteroatoms. The standard InChI is InChI=1S/C78H131N7/c1-5-21-54(22-6-1)83(55-23-7-2-8-24-55)59-41-43-73-71(48-59)72-49-60(84(56-25-9-3-10-26-56)57-27-11-4-12-28-57)42-44-74(72)85(73)58-39-37-52(38-40-58)53-45-61(81-50-79-75-67-33-17-13-29-63(67)65-31-15-19-35-69(65)77(75)81)47-62(46-53)82-51-80-76-68-34-18-14-30-64(68)66-32-16-20-36-70(66)78(76)82/h52-80H,1-51H2. The third-order valence-corrected chi connectivity index (χ3v) is 32.2. The first-order valence-electron chi connectivity index (χ1n) is 40.5. The molecule has 14 aliphatic carbocycles. The van der Waals surface area contributed by atoms with Crippen molar-refractivity contribution in [2.75, 3.05) is 13.3 Å². The van der Waals surface area contributed by atoms with Crippen LogP contribution in [-0.4, -0.2) is 128 Å². The average Bonchev–Trinajstić information content (AvgIpc) is 3.17. The van der Waals surface area contributed by atoms with Crippen molar-refractivity contribution in [3.8, 4) is 0 Å². The predicted octanol–water partition coefficient (Wildman–Crippen LogP) is 16.9. The van der Waals surface area contributed by atoms with Crippen molar-refractivity contribution in [1.82, 2.24) is 35.1 Å². The molecule has 20 atom stereocenters. The lowest BCUT2D eigenvalue weighted by atomic mass is 9.54. The highest BCUT2D eigenvalue weighted by Gasteiger charge is 2.61. The van der Waals surface area contributed by atoms with Gasteiger partial charge in [0.15, 0.2) is 0 Å². The average molecular weight is 1170 g/mol. The largest absolute Gasteiger partial charge is 0.300 e. The fourth-order valence-corrected chi connectivity index (χ4v) is 29.2. The van der Waals surface area contributed by atoms with Crippen LogP contribution in [0.15, 0.2) is 0 Å². The molecular formula is C78H131N7. The topological polar surface area (TPSA) is 40.3 Å². The molecule has 17 rings (SSSR count). The summed E-state index contributed by atoms with van der Waals surface area (Å²) in [6.45, 7) is 2.44. The molecule has 3 aliphatic heterocycles. The van der Waals surface area contributed by atoms with Crippen LogP contribution in [0.25, 0.3) is 0 Å². The van der Waals surface area contributed by atoms with E-state index < -0.39 is 0 Å². The van der Waals surface area contributed by atoms with Crippen LogP contribution in [0, 0.1) is 71.0 Å². The van der Waals surface area contributed by atoms with Crippen LogP contribution in [0.5, 0.6) is 0 Å². The molecule has 0 aromatic carbocycles. The number of fused-ring (bicyclic) bond motifs is 15. The van der Waals surface area contributed by atoms with E-state index in [1.54, 1.807) is 64.2 Å². The van der Waals surface area contributed by atoms with E-state index in [2.05, 4.69) is 35.1 Å². The third-order valence-electron chi connectivity index (χ3n) is 32.2. The van der Waals surface area contributed by atoms with Crippen molar-refractivity contribution >= 4 is 0 Å². The Balaban J connectivity index is 0.651. The molecule has 3 saturated heterocycles. The van der Waals surface area contributed by atoms with Crippen LogP contribution in [0.3, 0.4) is 0 Å². The Labute approximate surface area is 522 Å². The van der Waals surface area contributed by atoms with Gasteiger partial charge in [-0.25, -0.2) is 0 Å². The monoisotopic (exact) mass is 1170 g/mol. The zero-order valence-corrected chi connectivity index (χ0v) is 54.9. The van der Waals surface area contributed by atoms with E-state index in [9.17, 15) is 0 Å². The molecule has 0 radical (unpaired) electrons. The summed E-state index contributed by atoms with van der Waals surface area (Å²) < 4.78 is 0. The maximum Gasteiger partial charge on any atom is 0.0489 e. The van der Waals surface area contributed by atoms with Crippen molar-refractivity contribution in [1.29, 1.82) is 0 Å². The number of nitrogens with zero attached hydrogens (tertiary/aromatic N) is 5. The molecule has 14 saturated carbocycles. The summed E-state index contributed by atoms with van der Waals surface area (Å²) in [6.07, 6.45) is 74.7. The lowest BCUT2D eigenvalue weighted by Gasteiger charge is -2.57. The van der Waals surface area contributed by atoms with Gasteiger partial charge in [-0.1, -0.05) is 128 Å². The Bertz CT molecular complexity index is 1980. The zero-order valence-electron chi connectivity index (χ0n) is 54.9. The second kappa shape index (κ2) is 25.9. The molecule has 0 amide bonds. The Hall–Kier alpha value is -0.280. The Morgan fingerprint density at radius 2 is 0.576 bits per heavy atom. The lowest BCUT2D eigenvalue weighted by molar-refractivity contribution is -0.0703. The van der Waals surface area contributed by atoms with Gasteiger partial charge in [-0.2, -0.15) is 0 Å². The molecule has 17 fully saturated rings. The Kier molecular flexibility index (Phi) is 17.8. The molecule has 2 N–H and O–H groups in total. The third kappa shape index (κ3) is 11.0. The van der Waals surface area contributed by atoms with Crippen LogP contribution in [0.1, 0.15) is 315 Å². The van der Waals surface area contributed by atoms with E-state index in [4.69, 9.17) is 0 Å². The molecular weight excluding hydrogens is 1030 g/mol. The van der Waals surface area contributed by atoms with E-state index in [0.717, 1.165) is 162 Å². The van der Waals surface area contributed by atoms with Crippen molar-refractivity contribution < 1.29 is 0 Å². The normalized spacial score (nSPS) is 49.3. The summed E-state index contributed by atoms with van der Waals surface area (Å²) >= 11 is 0. The molecule has 0 spiro atoms. The van der Waals surface area contributed by atoms with Crippen molar-refractivity contribution in [2.45, 2.75) is 405 Å². The highest BCUT2D eigenvalue weighted by atomic mass is 15.4. The minimum atomic E-state index is 0.782. The summed E-state index contributed by atoms with van der Waals surface area (Å²) in [6, 6.07) is 12.7. The van der Waals surface area contributed by atoms with Gasteiger partial charge < -0.3 is 0 Å². The van der Waals surface area contributed by atoms with Gasteiger partial charge in [-0.05, 0) is 257 Å². The SMILES string of the molecule is C1CCC(N(C2CCCCC2)C2CCC3C(C2)C2CC(N(C4CCCCC4)C4CCCCC4)CCC2N3C2CCC(C3CC(N4CNC5C6CCCCC6C6CCCCC6C54)CC(N4CNC5C6CCCCC6C6CCCCC6C54)C3)CC2)CC1. The van der Waals surface area contributed by atoms with Gasteiger partial charge in [0.25, 0.3) is 0 Å². The molecule has 0 aromatic heterocycles. The molecule has 0 bridgehead atoms. The van der Waals surface area contributed by atoms with Crippen LogP contribution in [0.2, 0.25) is 0 Å². The summed E-state index contributed by atoms with van der Waals surface area (Å²) in [5, 5.41) is 8.97. The van der Waals surface area contributed by atoms with Crippen LogP contribution >= 0.6 is 0 Å². The minimum absolute atomic E-state index is 0.782. The van der Waals surface area contributed by atoms with E-state index in [-0.39, 0.29) is 0 Å². The molecule has 20 unspecified atom stereocenters. The Morgan fingerprint density at radius 3 is 0.965 bits per heavy atom. The predicted molar refractivity (Wildman–Crippen MR) is 350 cm³/mol. The molecule has 3 heterocycles.